The molecule has 0 spiro atoms. The first-order chi connectivity index (χ1) is 8.61. The molecule has 0 aromatic carbocycles. The van der Waals surface area contributed by atoms with E-state index in [0.717, 1.165) is 26.2 Å². The summed E-state index contributed by atoms with van der Waals surface area (Å²) >= 11 is 0. The third-order valence-electron chi connectivity index (χ3n) is 3.64. The average Bonchev–Trinajstić information content (AvgIpc) is 2.36. The molecule has 0 amide bonds. The molecule has 1 aliphatic rings. The summed E-state index contributed by atoms with van der Waals surface area (Å²) in [5.74, 6) is 0. The van der Waals surface area contributed by atoms with Crippen LogP contribution in [0.5, 0.6) is 0 Å². The van der Waals surface area contributed by atoms with Gasteiger partial charge in [-0.2, -0.15) is 0 Å². The van der Waals surface area contributed by atoms with Crippen LogP contribution in [0, 0.1) is 0 Å². The molecule has 1 heterocycles. The van der Waals surface area contributed by atoms with Gasteiger partial charge in [0.05, 0.1) is 0 Å². The predicted octanol–water partition coefficient (Wildman–Crippen LogP) is -0.944. The summed E-state index contributed by atoms with van der Waals surface area (Å²) in [6.07, 6.45) is 0. The van der Waals surface area contributed by atoms with Gasteiger partial charge in [0, 0.05) is 65.4 Å². The van der Waals surface area contributed by atoms with E-state index in [4.69, 9.17) is 5.73 Å². The summed E-state index contributed by atoms with van der Waals surface area (Å²) in [6, 6.07) is 0. The highest BCUT2D eigenvalue weighted by atomic mass is 15.3. The SMILES string of the molecule is CN(C)CCN(C)CCN1CCN(CCN)CC1. The third kappa shape index (κ3) is 6.66. The fourth-order valence-electron chi connectivity index (χ4n) is 2.21. The van der Waals surface area contributed by atoms with Gasteiger partial charge >= 0.3 is 0 Å². The molecule has 2 N–H and O–H groups in total. The Kier molecular flexibility index (Phi) is 7.77. The van der Waals surface area contributed by atoms with E-state index in [1.165, 1.54) is 39.3 Å². The number of piperazine rings is 1. The van der Waals surface area contributed by atoms with E-state index in [-0.39, 0.29) is 0 Å². The molecule has 0 saturated carbocycles. The molecule has 0 unspecified atom stereocenters. The number of hydrogen-bond acceptors (Lipinski definition) is 5. The van der Waals surface area contributed by atoms with E-state index < -0.39 is 0 Å². The van der Waals surface area contributed by atoms with Crippen molar-refractivity contribution in [3.8, 4) is 0 Å². The molecular weight excluding hydrogens is 226 g/mol. The van der Waals surface area contributed by atoms with Crippen molar-refractivity contribution in [1.82, 2.24) is 19.6 Å². The summed E-state index contributed by atoms with van der Waals surface area (Å²) < 4.78 is 0. The maximum absolute atomic E-state index is 5.58. The highest BCUT2D eigenvalue weighted by molar-refractivity contribution is 4.72. The first-order valence-electron chi connectivity index (χ1n) is 7.10. The number of rotatable bonds is 8. The highest BCUT2D eigenvalue weighted by Crippen LogP contribution is 2.00. The number of hydrogen-bond donors (Lipinski definition) is 1. The van der Waals surface area contributed by atoms with Crippen LogP contribution in [0.4, 0.5) is 0 Å². The quantitative estimate of drug-likeness (QED) is 0.607. The summed E-state index contributed by atoms with van der Waals surface area (Å²) in [5, 5.41) is 0. The molecular formula is C13H31N5. The molecule has 0 aromatic rings. The third-order valence-corrected chi connectivity index (χ3v) is 3.64. The molecule has 0 bridgehead atoms. The van der Waals surface area contributed by atoms with Crippen LogP contribution >= 0.6 is 0 Å². The lowest BCUT2D eigenvalue weighted by Crippen LogP contribution is -2.49. The van der Waals surface area contributed by atoms with Gasteiger partial charge in [-0.05, 0) is 21.1 Å². The summed E-state index contributed by atoms with van der Waals surface area (Å²) in [7, 11) is 6.48. The van der Waals surface area contributed by atoms with Gasteiger partial charge in [-0.1, -0.05) is 0 Å². The lowest BCUT2D eigenvalue weighted by atomic mass is 10.3. The lowest BCUT2D eigenvalue weighted by molar-refractivity contribution is 0.123. The zero-order chi connectivity index (χ0) is 13.4. The smallest absolute Gasteiger partial charge is 0.0110 e. The largest absolute Gasteiger partial charge is 0.329 e. The minimum absolute atomic E-state index is 0.785. The van der Waals surface area contributed by atoms with Crippen LogP contribution in [0.2, 0.25) is 0 Å². The zero-order valence-electron chi connectivity index (χ0n) is 12.4. The van der Waals surface area contributed by atoms with Crippen molar-refractivity contribution in [3.05, 3.63) is 0 Å². The number of likely N-dealkylation sites (N-methyl/N-ethyl adjacent to an activating group) is 2. The average molecular weight is 257 g/mol. The molecule has 0 aromatic heterocycles. The van der Waals surface area contributed by atoms with Gasteiger partial charge in [-0.25, -0.2) is 0 Å². The maximum atomic E-state index is 5.58. The van der Waals surface area contributed by atoms with Crippen molar-refractivity contribution >= 4 is 0 Å². The normalized spacial score (nSPS) is 19.0. The number of nitrogens with two attached hydrogens (primary N) is 1. The van der Waals surface area contributed by atoms with Crippen LogP contribution in [0.1, 0.15) is 0 Å². The Hall–Kier alpha value is -0.200. The minimum atomic E-state index is 0.785. The Labute approximate surface area is 112 Å². The summed E-state index contributed by atoms with van der Waals surface area (Å²) in [6.45, 7) is 11.2. The highest BCUT2D eigenvalue weighted by Gasteiger charge is 2.15. The summed E-state index contributed by atoms with van der Waals surface area (Å²) in [4.78, 5) is 9.69. The molecule has 5 heteroatoms. The monoisotopic (exact) mass is 257 g/mol. The first kappa shape index (κ1) is 15.9. The molecule has 108 valence electrons. The molecule has 1 saturated heterocycles. The second kappa shape index (κ2) is 8.82. The Morgan fingerprint density at radius 2 is 1.39 bits per heavy atom. The molecule has 0 aliphatic carbocycles. The van der Waals surface area contributed by atoms with Gasteiger partial charge in [0.2, 0.25) is 0 Å². The fourth-order valence-corrected chi connectivity index (χ4v) is 2.21. The van der Waals surface area contributed by atoms with Crippen molar-refractivity contribution in [2.45, 2.75) is 0 Å². The van der Waals surface area contributed by atoms with E-state index in [1.54, 1.807) is 0 Å². The van der Waals surface area contributed by atoms with Crippen LogP contribution in [0.25, 0.3) is 0 Å². The Bertz CT molecular complexity index is 202. The molecule has 0 radical (unpaired) electrons. The van der Waals surface area contributed by atoms with Crippen LogP contribution < -0.4 is 5.73 Å². The van der Waals surface area contributed by atoms with Crippen molar-refractivity contribution in [3.63, 3.8) is 0 Å². The van der Waals surface area contributed by atoms with Gasteiger partial charge in [0.1, 0.15) is 0 Å². The van der Waals surface area contributed by atoms with Gasteiger partial charge in [-0.15, -0.1) is 0 Å². The van der Waals surface area contributed by atoms with Gasteiger partial charge < -0.3 is 15.5 Å². The van der Waals surface area contributed by atoms with Crippen LogP contribution in [-0.4, -0.2) is 106 Å². The molecule has 1 rings (SSSR count). The topological polar surface area (TPSA) is 39.0 Å². The number of nitrogens with zero attached hydrogens (tertiary/aromatic N) is 4. The van der Waals surface area contributed by atoms with E-state index >= 15 is 0 Å². The zero-order valence-corrected chi connectivity index (χ0v) is 12.4. The predicted molar refractivity (Wildman–Crippen MR) is 78.0 cm³/mol. The van der Waals surface area contributed by atoms with Gasteiger partial charge in [0.25, 0.3) is 0 Å². The Balaban J connectivity index is 2.06. The minimum Gasteiger partial charge on any atom is -0.329 e. The van der Waals surface area contributed by atoms with E-state index in [1.807, 2.05) is 0 Å². The van der Waals surface area contributed by atoms with Gasteiger partial charge in [0.15, 0.2) is 0 Å². The van der Waals surface area contributed by atoms with Crippen molar-refractivity contribution in [2.75, 3.05) is 86.6 Å². The van der Waals surface area contributed by atoms with Crippen LogP contribution in [0.15, 0.2) is 0 Å². The standard InChI is InChI=1S/C13H31N5/c1-15(2)6-7-16(3)8-9-18-12-10-17(5-4-14)11-13-18/h4-14H2,1-3H3. The van der Waals surface area contributed by atoms with Crippen LogP contribution in [-0.2, 0) is 0 Å². The Morgan fingerprint density at radius 1 is 0.833 bits per heavy atom. The van der Waals surface area contributed by atoms with Crippen LogP contribution in [0.3, 0.4) is 0 Å². The molecule has 18 heavy (non-hydrogen) atoms. The van der Waals surface area contributed by atoms with E-state index in [9.17, 15) is 0 Å². The first-order valence-corrected chi connectivity index (χ1v) is 7.10. The van der Waals surface area contributed by atoms with E-state index in [2.05, 4.69) is 40.7 Å². The molecule has 1 aliphatic heterocycles. The molecule has 5 nitrogen and oxygen atoms in total. The molecule has 0 atom stereocenters. The fraction of sp³-hybridized carbons (Fsp3) is 1.00. The summed E-state index contributed by atoms with van der Waals surface area (Å²) in [5.41, 5.74) is 5.58. The Morgan fingerprint density at radius 3 is 1.89 bits per heavy atom. The molecule has 1 fully saturated rings. The lowest BCUT2D eigenvalue weighted by Gasteiger charge is -2.35. The second-order valence-corrected chi connectivity index (χ2v) is 5.58. The van der Waals surface area contributed by atoms with Gasteiger partial charge in [-0.3, -0.25) is 9.80 Å². The van der Waals surface area contributed by atoms with Crippen molar-refractivity contribution in [2.24, 2.45) is 5.73 Å². The van der Waals surface area contributed by atoms with E-state index in [0.29, 0.717) is 0 Å². The van der Waals surface area contributed by atoms with Crippen molar-refractivity contribution < 1.29 is 0 Å². The maximum Gasteiger partial charge on any atom is 0.0110 e. The second-order valence-electron chi connectivity index (χ2n) is 5.58. The van der Waals surface area contributed by atoms with Crippen molar-refractivity contribution in [1.29, 1.82) is 0 Å².